The van der Waals surface area contributed by atoms with E-state index in [1.807, 2.05) is 6.08 Å². The number of phosphoric acid groups is 1. The number of unbranched alkanes of at least 4 members (excludes halogenated alkanes) is 18. The van der Waals surface area contributed by atoms with Crippen LogP contribution in [0.3, 0.4) is 0 Å². The Morgan fingerprint density at radius 1 is 0.553 bits per heavy atom. The number of rotatable bonds is 34. The van der Waals surface area contributed by atoms with Crippen molar-refractivity contribution in [3.63, 3.8) is 0 Å². The molecule has 0 rings (SSSR count). The molecular weight excluding hydrogens is 615 g/mol. The van der Waals surface area contributed by atoms with Crippen molar-refractivity contribution in [2.75, 3.05) is 13.2 Å². The molecule has 0 aliphatic heterocycles. The lowest BCUT2D eigenvalue weighted by molar-refractivity contribution is -0.161. The van der Waals surface area contributed by atoms with Crippen LogP contribution in [-0.2, 0) is 28.2 Å². The molecule has 0 heterocycles. The normalized spacial score (nSPS) is 12.9. The van der Waals surface area contributed by atoms with Crippen LogP contribution in [0.1, 0.15) is 174 Å². The van der Waals surface area contributed by atoms with Gasteiger partial charge in [0.25, 0.3) is 0 Å². The van der Waals surface area contributed by atoms with Crippen molar-refractivity contribution in [1.82, 2.24) is 0 Å². The summed E-state index contributed by atoms with van der Waals surface area (Å²) < 4.78 is 26.2. The predicted molar refractivity (Wildman–Crippen MR) is 193 cm³/mol. The summed E-state index contributed by atoms with van der Waals surface area (Å²) in [4.78, 5) is 42.6. The van der Waals surface area contributed by atoms with Crippen molar-refractivity contribution in [2.24, 2.45) is 0 Å². The van der Waals surface area contributed by atoms with Crippen molar-refractivity contribution in [3.05, 3.63) is 36.5 Å². The Balaban J connectivity index is 4.03. The van der Waals surface area contributed by atoms with Crippen LogP contribution in [0.2, 0.25) is 0 Å². The fraction of sp³-hybridized carbons (Fsp3) is 0.789. The molecule has 0 aromatic carbocycles. The molecule has 9 heteroatoms. The molecule has 274 valence electrons. The van der Waals surface area contributed by atoms with Crippen LogP contribution in [0.25, 0.3) is 0 Å². The summed E-state index contributed by atoms with van der Waals surface area (Å²) in [6.45, 7) is 3.59. The minimum Gasteiger partial charge on any atom is -0.462 e. The third kappa shape index (κ3) is 36.9. The van der Waals surface area contributed by atoms with Gasteiger partial charge in [0.2, 0.25) is 0 Å². The van der Waals surface area contributed by atoms with Gasteiger partial charge in [0.15, 0.2) is 6.10 Å². The third-order valence-corrected chi connectivity index (χ3v) is 8.38. The van der Waals surface area contributed by atoms with Crippen LogP contribution in [0, 0.1) is 0 Å². The highest BCUT2D eigenvalue weighted by molar-refractivity contribution is 7.46. The fourth-order valence-electron chi connectivity index (χ4n) is 5.05. The van der Waals surface area contributed by atoms with Gasteiger partial charge >= 0.3 is 19.8 Å². The van der Waals surface area contributed by atoms with Crippen molar-refractivity contribution >= 4 is 19.8 Å². The zero-order chi connectivity index (χ0) is 34.7. The van der Waals surface area contributed by atoms with E-state index in [0.29, 0.717) is 12.8 Å². The summed E-state index contributed by atoms with van der Waals surface area (Å²) in [6.07, 6.45) is 38.7. The van der Waals surface area contributed by atoms with Gasteiger partial charge in [-0.05, 0) is 51.4 Å². The Labute approximate surface area is 287 Å². The smallest absolute Gasteiger partial charge is 0.462 e. The molecular formula is C38H69O8P. The highest BCUT2D eigenvalue weighted by Gasteiger charge is 2.22. The predicted octanol–water partition coefficient (Wildman–Crippen LogP) is 11.0. The van der Waals surface area contributed by atoms with Crippen LogP contribution in [0.4, 0.5) is 0 Å². The molecule has 2 N–H and O–H groups in total. The first-order valence-corrected chi connectivity index (χ1v) is 20.3. The molecule has 0 fully saturated rings. The molecule has 0 saturated heterocycles. The molecule has 0 spiro atoms. The van der Waals surface area contributed by atoms with Gasteiger partial charge in [-0.2, -0.15) is 0 Å². The average molecular weight is 685 g/mol. The third-order valence-electron chi connectivity index (χ3n) is 7.89. The van der Waals surface area contributed by atoms with E-state index >= 15 is 0 Å². The molecule has 1 atom stereocenters. The van der Waals surface area contributed by atoms with E-state index in [-0.39, 0.29) is 19.4 Å². The summed E-state index contributed by atoms with van der Waals surface area (Å²) in [5.41, 5.74) is 0. The lowest BCUT2D eigenvalue weighted by atomic mass is 10.1. The maximum Gasteiger partial charge on any atom is 0.469 e. The van der Waals surface area contributed by atoms with Crippen LogP contribution >= 0.6 is 7.82 Å². The first kappa shape index (κ1) is 45.3. The molecule has 0 aromatic heterocycles. The molecule has 0 radical (unpaired) electrons. The second-order valence-corrected chi connectivity index (χ2v) is 13.8. The maximum atomic E-state index is 12.3. The molecule has 0 aromatic rings. The topological polar surface area (TPSA) is 119 Å². The van der Waals surface area contributed by atoms with E-state index in [2.05, 4.69) is 48.8 Å². The van der Waals surface area contributed by atoms with E-state index in [1.165, 1.54) is 77.0 Å². The first-order chi connectivity index (χ1) is 22.8. The van der Waals surface area contributed by atoms with Crippen LogP contribution in [0.15, 0.2) is 36.5 Å². The summed E-state index contributed by atoms with van der Waals surface area (Å²) >= 11 is 0. The SMILES string of the molecule is CCCC/C=C/C/C=C/CCCCCCCC(=O)OC[C@H](COP(=O)(O)O)OC(=O)CC/C=C/CCCCCCCCCCCCC. The van der Waals surface area contributed by atoms with Gasteiger partial charge in [-0.15, -0.1) is 0 Å². The minimum atomic E-state index is -4.76. The molecule has 47 heavy (non-hydrogen) atoms. The quantitative estimate of drug-likeness (QED) is 0.0297. The molecule has 8 nitrogen and oxygen atoms in total. The standard InChI is InChI=1S/C38H69O8P/c1-3-5-7-9-11-13-15-17-19-21-23-25-27-29-31-33-38(40)46-36(35-45-47(41,42)43)34-44-37(39)32-30-28-26-24-22-20-18-16-14-12-10-8-6-4-2/h10,12,16,18,27,29,36H,3-9,11,13-15,17,19-26,28,30-35H2,1-2H3,(H2,41,42,43)/b12-10+,18-16+,29-27+/t36-/m1/s1. The van der Waals surface area contributed by atoms with Gasteiger partial charge in [-0.1, -0.05) is 147 Å². The summed E-state index contributed by atoms with van der Waals surface area (Å²) in [5.74, 6) is -0.958. The first-order valence-electron chi connectivity index (χ1n) is 18.8. The summed E-state index contributed by atoms with van der Waals surface area (Å²) in [5, 5.41) is 0. The Bertz CT molecular complexity index is 864. The molecule has 0 amide bonds. The van der Waals surface area contributed by atoms with Gasteiger partial charge in [-0.3, -0.25) is 14.1 Å². The molecule has 0 bridgehead atoms. The minimum absolute atomic E-state index is 0.126. The zero-order valence-corrected chi connectivity index (χ0v) is 30.8. The lowest BCUT2D eigenvalue weighted by Gasteiger charge is -2.18. The van der Waals surface area contributed by atoms with Gasteiger partial charge < -0.3 is 19.3 Å². The van der Waals surface area contributed by atoms with Crippen LogP contribution < -0.4 is 0 Å². The number of hydrogen-bond acceptors (Lipinski definition) is 6. The Morgan fingerprint density at radius 2 is 1.02 bits per heavy atom. The number of phosphoric ester groups is 1. The molecule has 0 saturated carbocycles. The van der Waals surface area contributed by atoms with Crippen molar-refractivity contribution < 1.29 is 37.9 Å². The highest BCUT2D eigenvalue weighted by atomic mass is 31.2. The number of ether oxygens (including phenoxy) is 2. The van der Waals surface area contributed by atoms with Gasteiger partial charge in [0.05, 0.1) is 6.61 Å². The Morgan fingerprint density at radius 3 is 1.57 bits per heavy atom. The number of hydrogen-bond donors (Lipinski definition) is 2. The van der Waals surface area contributed by atoms with E-state index < -0.39 is 32.5 Å². The largest absolute Gasteiger partial charge is 0.469 e. The van der Waals surface area contributed by atoms with E-state index in [0.717, 1.165) is 57.8 Å². The van der Waals surface area contributed by atoms with Crippen molar-refractivity contribution in [2.45, 2.75) is 180 Å². The molecule has 0 aliphatic rings. The van der Waals surface area contributed by atoms with E-state index in [1.54, 1.807) is 0 Å². The van der Waals surface area contributed by atoms with E-state index in [9.17, 15) is 14.2 Å². The number of carbonyl (C=O) groups is 2. The summed E-state index contributed by atoms with van der Waals surface area (Å²) in [7, 11) is -4.76. The number of allylic oxidation sites excluding steroid dienone is 6. The Kier molecular flexibility index (Phi) is 32.9. The van der Waals surface area contributed by atoms with Gasteiger partial charge in [-0.25, -0.2) is 4.57 Å². The fourth-order valence-corrected chi connectivity index (χ4v) is 5.41. The lowest BCUT2D eigenvalue weighted by Crippen LogP contribution is -2.29. The average Bonchev–Trinajstić information content (AvgIpc) is 3.03. The maximum absolute atomic E-state index is 12.3. The van der Waals surface area contributed by atoms with Crippen LogP contribution in [-0.4, -0.2) is 41.0 Å². The monoisotopic (exact) mass is 684 g/mol. The van der Waals surface area contributed by atoms with Gasteiger partial charge in [0, 0.05) is 12.8 Å². The van der Waals surface area contributed by atoms with Crippen LogP contribution in [0.5, 0.6) is 0 Å². The van der Waals surface area contributed by atoms with Crippen molar-refractivity contribution in [1.29, 1.82) is 0 Å². The number of esters is 2. The second kappa shape index (κ2) is 34.1. The molecule has 0 unspecified atom stereocenters. The second-order valence-electron chi connectivity index (χ2n) is 12.5. The molecule has 0 aliphatic carbocycles. The number of carbonyl (C=O) groups excluding carboxylic acids is 2. The van der Waals surface area contributed by atoms with Gasteiger partial charge in [0.1, 0.15) is 6.61 Å². The zero-order valence-electron chi connectivity index (χ0n) is 29.9. The van der Waals surface area contributed by atoms with E-state index in [4.69, 9.17) is 19.3 Å². The van der Waals surface area contributed by atoms with Crippen molar-refractivity contribution in [3.8, 4) is 0 Å². The Hall–Kier alpha value is -1.73. The summed E-state index contributed by atoms with van der Waals surface area (Å²) in [6, 6.07) is 0. The highest BCUT2D eigenvalue weighted by Crippen LogP contribution is 2.35.